The molecule has 0 saturated heterocycles. The molecule has 0 unspecified atom stereocenters. The van der Waals surface area contributed by atoms with Crippen LogP contribution in [0.15, 0.2) is 97.6 Å². The summed E-state index contributed by atoms with van der Waals surface area (Å²) in [5.41, 5.74) is 1.81. The van der Waals surface area contributed by atoms with Crippen molar-refractivity contribution in [2.45, 2.75) is 0 Å². The topological polar surface area (TPSA) is 52.6 Å². The number of rotatable bonds is 3. The van der Waals surface area contributed by atoms with Crippen molar-refractivity contribution in [1.82, 2.24) is 0 Å². The van der Waals surface area contributed by atoms with Gasteiger partial charge >= 0.3 is 11.9 Å². The summed E-state index contributed by atoms with van der Waals surface area (Å²) in [5.74, 6) is -1.42. The fourth-order valence-corrected chi connectivity index (χ4v) is 1.91. The highest BCUT2D eigenvalue weighted by Crippen LogP contribution is 2.05. The summed E-state index contributed by atoms with van der Waals surface area (Å²) in [4.78, 5) is 31.9. The van der Waals surface area contributed by atoms with E-state index in [-0.39, 0.29) is 0 Å². The second-order valence-electron chi connectivity index (χ2n) is 5.09. The van der Waals surface area contributed by atoms with E-state index in [9.17, 15) is 9.59 Å². The van der Waals surface area contributed by atoms with E-state index in [0.717, 1.165) is 0 Å². The summed E-state index contributed by atoms with van der Waals surface area (Å²) in [5, 5.41) is 0. The molecule has 0 N–H and O–H groups in total. The van der Waals surface area contributed by atoms with E-state index >= 15 is 0 Å². The van der Waals surface area contributed by atoms with Crippen molar-refractivity contribution in [3.63, 3.8) is 0 Å². The van der Waals surface area contributed by atoms with E-state index in [1.807, 2.05) is 36.4 Å². The SMILES string of the molecule is C=Cc1ccccc1.O=C(OOC(=O)c1ccccc1)c1ccccc1. The monoisotopic (exact) mass is 346 g/mol. The van der Waals surface area contributed by atoms with Crippen molar-refractivity contribution in [2.75, 3.05) is 0 Å². The third kappa shape index (κ3) is 6.09. The summed E-state index contributed by atoms with van der Waals surface area (Å²) in [7, 11) is 0. The third-order valence-electron chi connectivity index (χ3n) is 3.25. The molecule has 0 aliphatic heterocycles. The highest BCUT2D eigenvalue weighted by Gasteiger charge is 2.12. The molecule has 0 radical (unpaired) electrons. The predicted octanol–water partition coefficient (Wildman–Crippen LogP) is 4.95. The fraction of sp³-hybridized carbons (Fsp3) is 0. The van der Waals surface area contributed by atoms with Gasteiger partial charge in [-0.1, -0.05) is 79.4 Å². The molecule has 26 heavy (non-hydrogen) atoms. The van der Waals surface area contributed by atoms with Crippen LogP contribution in [0.5, 0.6) is 0 Å². The molecule has 4 nitrogen and oxygen atoms in total. The molecule has 0 saturated carbocycles. The third-order valence-corrected chi connectivity index (χ3v) is 3.25. The summed E-state index contributed by atoms with van der Waals surface area (Å²) >= 11 is 0. The molecule has 0 atom stereocenters. The zero-order chi connectivity index (χ0) is 18.6. The van der Waals surface area contributed by atoms with E-state index in [4.69, 9.17) is 0 Å². The lowest BCUT2D eigenvalue weighted by Gasteiger charge is -2.02. The van der Waals surface area contributed by atoms with Crippen LogP contribution in [0.4, 0.5) is 0 Å². The molecule has 0 bridgehead atoms. The van der Waals surface area contributed by atoms with Gasteiger partial charge in [0.2, 0.25) is 0 Å². The molecule has 0 aliphatic carbocycles. The average Bonchev–Trinajstić information content (AvgIpc) is 2.74. The first-order chi connectivity index (χ1) is 12.7. The van der Waals surface area contributed by atoms with Gasteiger partial charge in [0, 0.05) is 0 Å². The molecule has 3 aromatic rings. The van der Waals surface area contributed by atoms with Crippen LogP contribution in [0, 0.1) is 0 Å². The Hall–Kier alpha value is -3.66. The maximum Gasteiger partial charge on any atom is 0.386 e. The zero-order valence-corrected chi connectivity index (χ0v) is 14.1. The summed E-state index contributed by atoms with van der Waals surface area (Å²) < 4.78 is 0. The van der Waals surface area contributed by atoms with Crippen molar-refractivity contribution < 1.29 is 19.4 Å². The van der Waals surface area contributed by atoms with Crippen LogP contribution in [-0.4, -0.2) is 11.9 Å². The number of hydrogen-bond donors (Lipinski definition) is 0. The lowest BCUT2D eigenvalue weighted by atomic mass is 10.2. The molecule has 0 aromatic heterocycles. The van der Waals surface area contributed by atoms with Gasteiger partial charge in [0.15, 0.2) is 0 Å². The fourth-order valence-electron chi connectivity index (χ4n) is 1.91. The van der Waals surface area contributed by atoms with Crippen molar-refractivity contribution in [1.29, 1.82) is 0 Å². The van der Waals surface area contributed by atoms with Crippen molar-refractivity contribution in [3.05, 3.63) is 114 Å². The number of benzene rings is 3. The molecule has 130 valence electrons. The van der Waals surface area contributed by atoms with Crippen LogP contribution >= 0.6 is 0 Å². The van der Waals surface area contributed by atoms with E-state index in [1.165, 1.54) is 5.56 Å². The molecule has 4 heteroatoms. The minimum atomic E-state index is -0.708. The minimum Gasteiger partial charge on any atom is -0.242 e. The lowest BCUT2D eigenvalue weighted by molar-refractivity contribution is -0.187. The number of hydrogen-bond acceptors (Lipinski definition) is 4. The van der Waals surface area contributed by atoms with Crippen LogP contribution < -0.4 is 0 Å². The molecule has 0 heterocycles. The normalized spacial score (nSPS) is 9.23. The van der Waals surface area contributed by atoms with Gasteiger partial charge in [-0.2, -0.15) is 0 Å². The zero-order valence-electron chi connectivity index (χ0n) is 14.1. The Bertz CT molecular complexity index is 776. The van der Waals surface area contributed by atoms with Gasteiger partial charge in [0.25, 0.3) is 0 Å². The van der Waals surface area contributed by atoms with Crippen LogP contribution in [0.1, 0.15) is 26.3 Å². The van der Waals surface area contributed by atoms with Crippen LogP contribution in [-0.2, 0) is 9.78 Å². The first kappa shape index (κ1) is 18.7. The first-order valence-electron chi connectivity index (χ1n) is 7.91. The van der Waals surface area contributed by atoms with Gasteiger partial charge in [0.1, 0.15) is 0 Å². The Labute approximate surface area is 152 Å². The Morgan fingerprint density at radius 1 is 0.615 bits per heavy atom. The van der Waals surface area contributed by atoms with Gasteiger partial charge in [-0.25, -0.2) is 19.4 Å². The summed E-state index contributed by atoms with van der Waals surface area (Å²) in [6, 6.07) is 26.6. The van der Waals surface area contributed by atoms with Gasteiger partial charge in [-0.05, 0) is 29.8 Å². The maximum absolute atomic E-state index is 11.5. The van der Waals surface area contributed by atoms with Gasteiger partial charge in [0.05, 0.1) is 11.1 Å². The van der Waals surface area contributed by atoms with Crippen LogP contribution in [0.3, 0.4) is 0 Å². The van der Waals surface area contributed by atoms with Crippen molar-refractivity contribution in [2.24, 2.45) is 0 Å². The molecule has 3 rings (SSSR count). The van der Waals surface area contributed by atoms with Gasteiger partial charge in [-0.15, -0.1) is 0 Å². The van der Waals surface area contributed by atoms with E-state index in [0.29, 0.717) is 11.1 Å². The van der Waals surface area contributed by atoms with Crippen molar-refractivity contribution >= 4 is 18.0 Å². The van der Waals surface area contributed by atoms with Gasteiger partial charge < -0.3 is 0 Å². The molecule has 0 aliphatic rings. The highest BCUT2D eigenvalue weighted by molar-refractivity contribution is 5.92. The average molecular weight is 346 g/mol. The van der Waals surface area contributed by atoms with Crippen LogP contribution in [0.2, 0.25) is 0 Å². The lowest BCUT2D eigenvalue weighted by Crippen LogP contribution is -2.11. The molecular formula is C22H18O4. The van der Waals surface area contributed by atoms with E-state index < -0.39 is 11.9 Å². The summed E-state index contributed by atoms with van der Waals surface area (Å²) in [6.45, 7) is 3.63. The molecule has 0 fully saturated rings. The quantitative estimate of drug-likeness (QED) is 0.498. The first-order valence-corrected chi connectivity index (χ1v) is 7.91. The van der Waals surface area contributed by atoms with E-state index in [2.05, 4.69) is 16.4 Å². The molecule has 0 spiro atoms. The smallest absolute Gasteiger partial charge is 0.242 e. The largest absolute Gasteiger partial charge is 0.386 e. The van der Waals surface area contributed by atoms with Crippen LogP contribution in [0.25, 0.3) is 6.08 Å². The number of carbonyl (C=O) groups is 2. The predicted molar refractivity (Wildman–Crippen MR) is 100 cm³/mol. The molecule has 3 aromatic carbocycles. The van der Waals surface area contributed by atoms with Gasteiger partial charge in [-0.3, -0.25) is 0 Å². The second-order valence-corrected chi connectivity index (χ2v) is 5.09. The Morgan fingerprint density at radius 2 is 0.962 bits per heavy atom. The Morgan fingerprint density at radius 3 is 1.27 bits per heavy atom. The second kappa shape index (κ2) is 10.3. The minimum absolute atomic E-state index is 0.318. The standard InChI is InChI=1S/C14H10O4.C8H8/c15-13(11-7-3-1-4-8-11)17-18-14(16)12-9-5-2-6-10-12;1-2-8-6-4-3-5-7-8/h1-10H;2-7H,1H2. The van der Waals surface area contributed by atoms with Crippen molar-refractivity contribution in [3.8, 4) is 0 Å². The van der Waals surface area contributed by atoms with E-state index in [1.54, 1.807) is 60.7 Å². The highest BCUT2D eigenvalue weighted by atomic mass is 17.2. The molecule has 0 amide bonds. The maximum atomic E-state index is 11.5. The Kier molecular flexibility index (Phi) is 7.37. The molecular weight excluding hydrogens is 328 g/mol. The Balaban J connectivity index is 0.000000254. The summed E-state index contributed by atoms with van der Waals surface area (Å²) in [6.07, 6.45) is 1.83. The number of carbonyl (C=O) groups excluding carboxylic acids is 2.